The molecule has 2 aromatic carbocycles. The molecule has 0 saturated carbocycles. The third kappa shape index (κ3) is 3.93. The van der Waals surface area contributed by atoms with Crippen LogP contribution in [-0.4, -0.2) is 35.4 Å². The van der Waals surface area contributed by atoms with Crippen LogP contribution in [0, 0.1) is 0 Å². The highest BCUT2D eigenvalue weighted by atomic mass is 32.1. The van der Waals surface area contributed by atoms with Gasteiger partial charge in [0.05, 0.1) is 11.7 Å². The van der Waals surface area contributed by atoms with Gasteiger partial charge < -0.3 is 15.2 Å². The summed E-state index contributed by atoms with van der Waals surface area (Å²) in [4.78, 5) is 12.2. The van der Waals surface area contributed by atoms with Crippen LogP contribution in [0.2, 0.25) is 0 Å². The van der Waals surface area contributed by atoms with E-state index in [4.69, 9.17) is 17.0 Å². The molecule has 1 heterocycles. The average Bonchev–Trinajstić information content (AvgIpc) is 3.10. The van der Waals surface area contributed by atoms with Gasteiger partial charge in [-0.2, -0.15) is 0 Å². The fourth-order valence-corrected chi connectivity index (χ4v) is 2.78. The van der Waals surface area contributed by atoms with Crippen molar-refractivity contribution in [3.63, 3.8) is 0 Å². The van der Waals surface area contributed by atoms with E-state index < -0.39 is 5.91 Å². The molecule has 0 bridgehead atoms. The lowest BCUT2D eigenvalue weighted by Gasteiger charge is -2.15. The van der Waals surface area contributed by atoms with Gasteiger partial charge in [0.25, 0.3) is 5.91 Å². The van der Waals surface area contributed by atoms with Crippen LogP contribution in [0.5, 0.6) is 5.75 Å². The normalized spacial score (nSPS) is 16.8. The van der Waals surface area contributed by atoms with Crippen LogP contribution in [0.1, 0.15) is 23.2 Å². The van der Waals surface area contributed by atoms with E-state index in [-0.39, 0.29) is 17.4 Å². The molecule has 1 fully saturated rings. The first-order valence-electron chi connectivity index (χ1n) is 7.81. The molecule has 126 valence electrons. The SMILES string of the molecule is O=C(NNC(=S)NCC1CCCO1)c1cc2ccccc2cc1O. The van der Waals surface area contributed by atoms with E-state index in [2.05, 4.69) is 16.2 Å². The van der Waals surface area contributed by atoms with Gasteiger partial charge in [0.15, 0.2) is 5.11 Å². The summed E-state index contributed by atoms with van der Waals surface area (Å²) >= 11 is 5.11. The number of benzene rings is 2. The number of carbonyl (C=O) groups is 1. The average molecular weight is 345 g/mol. The standard InChI is InChI=1S/C17H19N3O3S/c21-15-9-12-5-2-1-4-11(12)8-14(15)16(22)19-20-17(24)18-10-13-6-3-7-23-13/h1-2,4-5,8-9,13,21H,3,6-7,10H2,(H,19,22)(H2,18,20,24). The maximum absolute atomic E-state index is 12.2. The van der Waals surface area contributed by atoms with Gasteiger partial charge in [-0.1, -0.05) is 24.3 Å². The number of ether oxygens (including phenoxy) is 1. The van der Waals surface area contributed by atoms with Crippen LogP contribution in [-0.2, 0) is 4.74 Å². The minimum Gasteiger partial charge on any atom is -0.507 e. The van der Waals surface area contributed by atoms with Crippen LogP contribution in [0.4, 0.5) is 0 Å². The summed E-state index contributed by atoms with van der Waals surface area (Å²) in [7, 11) is 0. The lowest BCUT2D eigenvalue weighted by Crippen LogP contribution is -2.48. The summed E-state index contributed by atoms with van der Waals surface area (Å²) in [5, 5.41) is 15.1. The molecule has 2 aromatic rings. The fourth-order valence-electron chi connectivity index (χ4n) is 2.65. The zero-order chi connectivity index (χ0) is 16.9. The molecule has 1 aliphatic heterocycles. The summed E-state index contributed by atoms with van der Waals surface area (Å²) in [6.45, 7) is 1.38. The zero-order valence-electron chi connectivity index (χ0n) is 13.0. The predicted molar refractivity (Wildman–Crippen MR) is 95.8 cm³/mol. The lowest BCUT2D eigenvalue weighted by molar-refractivity contribution is 0.0940. The molecule has 1 amide bonds. The number of thiocarbonyl (C=S) groups is 1. The molecule has 0 radical (unpaired) electrons. The number of nitrogens with one attached hydrogen (secondary N) is 3. The molecule has 1 saturated heterocycles. The fraction of sp³-hybridized carbons (Fsp3) is 0.294. The van der Waals surface area contributed by atoms with Gasteiger partial charge in [-0.25, -0.2) is 0 Å². The van der Waals surface area contributed by atoms with E-state index in [1.807, 2.05) is 24.3 Å². The minimum atomic E-state index is -0.459. The van der Waals surface area contributed by atoms with Gasteiger partial charge in [0.2, 0.25) is 0 Å². The van der Waals surface area contributed by atoms with Crippen molar-refractivity contribution in [1.29, 1.82) is 0 Å². The van der Waals surface area contributed by atoms with Crippen LogP contribution in [0.3, 0.4) is 0 Å². The van der Waals surface area contributed by atoms with E-state index in [9.17, 15) is 9.90 Å². The monoisotopic (exact) mass is 345 g/mol. The summed E-state index contributed by atoms with van der Waals surface area (Å²) in [5.41, 5.74) is 5.30. The Bertz CT molecular complexity index is 760. The first-order valence-corrected chi connectivity index (χ1v) is 8.22. The molecule has 24 heavy (non-hydrogen) atoms. The topological polar surface area (TPSA) is 82.6 Å². The van der Waals surface area contributed by atoms with E-state index in [1.165, 1.54) is 0 Å². The van der Waals surface area contributed by atoms with E-state index in [0.29, 0.717) is 11.7 Å². The number of rotatable bonds is 3. The summed E-state index contributed by atoms with van der Waals surface area (Å²) < 4.78 is 5.48. The smallest absolute Gasteiger partial charge is 0.273 e. The summed E-state index contributed by atoms with van der Waals surface area (Å²) in [5.74, 6) is -0.536. The van der Waals surface area contributed by atoms with Gasteiger partial charge in [-0.05, 0) is 48.0 Å². The Kier molecular flexibility index (Phi) is 5.12. The minimum absolute atomic E-state index is 0.0776. The number of carbonyl (C=O) groups excluding carboxylic acids is 1. The van der Waals surface area contributed by atoms with Crippen LogP contribution in [0.25, 0.3) is 10.8 Å². The number of phenols is 1. The van der Waals surface area contributed by atoms with Gasteiger partial charge >= 0.3 is 0 Å². The number of phenolic OH excluding ortho intramolecular Hbond substituents is 1. The van der Waals surface area contributed by atoms with Gasteiger partial charge in [0, 0.05) is 13.2 Å². The highest BCUT2D eigenvalue weighted by molar-refractivity contribution is 7.80. The quantitative estimate of drug-likeness (QED) is 0.502. The molecule has 6 nitrogen and oxygen atoms in total. The van der Waals surface area contributed by atoms with Crippen molar-refractivity contribution < 1.29 is 14.6 Å². The molecule has 4 N–H and O–H groups in total. The summed E-state index contributed by atoms with van der Waals surface area (Å²) in [6, 6.07) is 10.7. The second kappa shape index (κ2) is 7.46. The van der Waals surface area contributed by atoms with Gasteiger partial charge in [0.1, 0.15) is 5.75 Å². The first kappa shape index (κ1) is 16.5. The Morgan fingerprint density at radius 3 is 2.71 bits per heavy atom. The molecule has 0 aliphatic carbocycles. The lowest BCUT2D eigenvalue weighted by atomic mass is 10.1. The molecular formula is C17H19N3O3S. The third-order valence-corrected chi connectivity index (χ3v) is 4.16. The number of hydrazine groups is 1. The Labute approximate surface area is 145 Å². The Morgan fingerprint density at radius 2 is 2.00 bits per heavy atom. The van der Waals surface area contributed by atoms with Crippen molar-refractivity contribution in [2.45, 2.75) is 18.9 Å². The number of fused-ring (bicyclic) bond motifs is 1. The Hall–Kier alpha value is -2.38. The molecule has 7 heteroatoms. The molecular weight excluding hydrogens is 326 g/mol. The van der Waals surface area contributed by atoms with Crippen molar-refractivity contribution in [1.82, 2.24) is 16.2 Å². The number of amides is 1. The first-order chi connectivity index (χ1) is 11.6. The predicted octanol–water partition coefficient (Wildman–Crippen LogP) is 1.83. The van der Waals surface area contributed by atoms with Crippen molar-refractivity contribution in [3.05, 3.63) is 42.0 Å². The van der Waals surface area contributed by atoms with E-state index in [1.54, 1.807) is 12.1 Å². The van der Waals surface area contributed by atoms with Crippen LogP contribution in [0.15, 0.2) is 36.4 Å². The highest BCUT2D eigenvalue weighted by Gasteiger charge is 2.16. The molecule has 0 spiro atoms. The molecule has 1 atom stereocenters. The Balaban J connectivity index is 1.56. The van der Waals surface area contributed by atoms with Crippen LogP contribution >= 0.6 is 12.2 Å². The second-order valence-corrected chi connectivity index (χ2v) is 6.05. The van der Waals surface area contributed by atoms with Crippen molar-refractivity contribution in [2.75, 3.05) is 13.2 Å². The third-order valence-electron chi connectivity index (χ3n) is 3.91. The number of hydrogen-bond acceptors (Lipinski definition) is 4. The summed E-state index contributed by atoms with van der Waals surface area (Å²) in [6.07, 6.45) is 2.22. The van der Waals surface area contributed by atoms with E-state index >= 15 is 0 Å². The second-order valence-electron chi connectivity index (χ2n) is 5.64. The number of aromatic hydroxyl groups is 1. The maximum Gasteiger partial charge on any atom is 0.273 e. The van der Waals surface area contributed by atoms with Crippen molar-refractivity contribution in [2.24, 2.45) is 0 Å². The molecule has 1 unspecified atom stereocenters. The number of hydrogen-bond donors (Lipinski definition) is 4. The molecule has 0 aromatic heterocycles. The van der Waals surface area contributed by atoms with Crippen LogP contribution < -0.4 is 16.2 Å². The van der Waals surface area contributed by atoms with Crippen molar-refractivity contribution in [3.8, 4) is 5.75 Å². The Morgan fingerprint density at radius 1 is 1.25 bits per heavy atom. The van der Waals surface area contributed by atoms with Gasteiger partial charge in [-0.3, -0.25) is 15.6 Å². The van der Waals surface area contributed by atoms with Gasteiger partial charge in [-0.15, -0.1) is 0 Å². The van der Waals surface area contributed by atoms with Crippen molar-refractivity contribution >= 4 is 34.0 Å². The highest BCUT2D eigenvalue weighted by Crippen LogP contribution is 2.24. The molecule has 3 rings (SSSR count). The van der Waals surface area contributed by atoms with E-state index in [0.717, 1.165) is 30.2 Å². The maximum atomic E-state index is 12.2. The largest absolute Gasteiger partial charge is 0.507 e. The zero-order valence-corrected chi connectivity index (χ0v) is 13.9. The molecule has 1 aliphatic rings.